The Morgan fingerprint density at radius 1 is 1.08 bits per heavy atom. The quantitative estimate of drug-likeness (QED) is 0.707. The number of rotatable bonds is 3. The van der Waals surface area contributed by atoms with Gasteiger partial charge in [0.15, 0.2) is 5.65 Å². The summed E-state index contributed by atoms with van der Waals surface area (Å²) in [5.41, 5.74) is 1.31. The van der Waals surface area contributed by atoms with Crippen LogP contribution < -0.4 is 9.64 Å². The average Bonchev–Trinajstić information content (AvgIpc) is 3.13. The van der Waals surface area contributed by atoms with Crippen molar-refractivity contribution in [2.75, 3.05) is 38.2 Å². The molecule has 0 unspecified atom stereocenters. The Bertz CT molecular complexity index is 932. The third kappa shape index (κ3) is 2.94. The summed E-state index contributed by atoms with van der Waals surface area (Å²) in [7, 11) is 1.61. The maximum atomic E-state index is 12.7. The number of piperazine rings is 1. The molecule has 0 saturated carbocycles. The van der Waals surface area contributed by atoms with Crippen molar-refractivity contribution >= 4 is 29.1 Å². The molecule has 1 saturated heterocycles. The van der Waals surface area contributed by atoms with Gasteiger partial charge in [-0.1, -0.05) is 11.6 Å². The van der Waals surface area contributed by atoms with Crippen LogP contribution in [0.2, 0.25) is 5.02 Å². The van der Waals surface area contributed by atoms with Gasteiger partial charge in [-0.25, -0.2) is 0 Å². The van der Waals surface area contributed by atoms with Gasteiger partial charge in [-0.2, -0.15) is 0 Å². The highest BCUT2D eigenvalue weighted by Gasteiger charge is 2.25. The van der Waals surface area contributed by atoms with E-state index in [-0.39, 0.29) is 5.91 Å². The maximum Gasteiger partial charge on any atom is 0.253 e. The van der Waals surface area contributed by atoms with E-state index in [1.165, 1.54) is 0 Å². The van der Waals surface area contributed by atoms with Gasteiger partial charge in [-0.3, -0.25) is 9.20 Å². The molecule has 0 bridgehead atoms. The number of amides is 1. The van der Waals surface area contributed by atoms with Crippen LogP contribution in [0.4, 0.5) is 5.95 Å². The summed E-state index contributed by atoms with van der Waals surface area (Å²) in [6, 6.07) is 10.8. The van der Waals surface area contributed by atoms with Crippen LogP contribution in [0.3, 0.4) is 0 Å². The van der Waals surface area contributed by atoms with Crippen LogP contribution in [0.1, 0.15) is 10.4 Å². The van der Waals surface area contributed by atoms with Crippen LogP contribution in [0.15, 0.2) is 42.6 Å². The highest BCUT2D eigenvalue weighted by Crippen LogP contribution is 2.21. The highest BCUT2D eigenvalue weighted by molar-refractivity contribution is 6.33. The monoisotopic (exact) mass is 371 g/mol. The number of ether oxygens (including phenoxy) is 1. The zero-order valence-electron chi connectivity index (χ0n) is 14.3. The van der Waals surface area contributed by atoms with Crippen molar-refractivity contribution in [3.8, 4) is 5.75 Å². The largest absolute Gasteiger partial charge is 0.497 e. The topological polar surface area (TPSA) is 63.0 Å². The molecular formula is C18H18ClN5O2. The lowest BCUT2D eigenvalue weighted by atomic mass is 10.1. The van der Waals surface area contributed by atoms with Crippen molar-refractivity contribution in [3.63, 3.8) is 0 Å². The van der Waals surface area contributed by atoms with Crippen LogP contribution >= 0.6 is 11.6 Å². The van der Waals surface area contributed by atoms with Gasteiger partial charge in [-0.05, 0) is 36.4 Å². The van der Waals surface area contributed by atoms with Gasteiger partial charge in [0.2, 0.25) is 5.95 Å². The van der Waals surface area contributed by atoms with Crippen molar-refractivity contribution in [1.29, 1.82) is 0 Å². The van der Waals surface area contributed by atoms with E-state index in [1.807, 2.05) is 21.6 Å². The molecule has 1 fully saturated rings. The molecule has 0 N–H and O–H groups in total. The molecule has 0 spiro atoms. The zero-order valence-corrected chi connectivity index (χ0v) is 15.1. The second kappa shape index (κ2) is 6.84. The Morgan fingerprint density at radius 3 is 2.50 bits per heavy atom. The summed E-state index contributed by atoms with van der Waals surface area (Å²) < 4.78 is 7.02. The molecule has 134 valence electrons. The SMILES string of the molecule is COc1ccc(C(=O)N2CCN(c3nnc4c(Cl)cccn34)CC2)cc1. The van der Waals surface area contributed by atoms with E-state index >= 15 is 0 Å². The summed E-state index contributed by atoms with van der Waals surface area (Å²) in [4.78, 5) is 16.6. The lowest BCUT2D eigenvalue weighted by molar-refractivity contribution is 0.0746. The number of carbonyl (C=O) groups is 1. The van der Waals surface area contributed by atoms with Crippen LogP contribution in [0.25, 0.3) is 5.65 Å². The fraction of sp³-hybridized carbons (Fsp3) is 0.278. The number of anilines is 1. The Morgan fingerprint density at radius 2 is 1.81 bits per heavy atom. The van der Waals surface area contributed by atoms with Crippen LogP contribution in [-0.4, -0.2) is 58.7 Å². The number of hydrogen-bond acceptors (Lipinski definition) is 5. The van der Waals surface area contributed by atoms with Crippen molar-refractivity contribution in [2.24, 2.45) is 0 Å². The lowest BCUT2D eigenvalue weighted by Gasteiger charge is -2.34. The Hall–Kier alpha value is -2.80. The molecule has 7 nitrogen and oxygen atoms in total. The zero-order chi connectivity index (χ0) is 18.1. The van der Waals surface area contributed by atoms with E-state index in [4.69, 9.17) is 16.3 Å². The minimum Gasteiger partial charge on any atom is -0.497 e. The number of hydrogen-bond donors (Lipinski definition) is 0. The number of halogens is 1. The van der Waals surface area contributed by atoms with Gasteiger partial charge in [0.25, 0.3) is 5.91 Å². The molecular weight excluding hydrogens is 354 g/mol. The smallest absolute Gasteiger partial charge is 0.253 e. The fourth-order valence-electron chi connectivity index (χ4n) is 3.11. The number of carbonyl (C=O) groups excluding carboxylic acids is 1. The standard InChI is InChI=1S/C18H18ClN5O2/c1-26-14-6-4-13(5-7-14)17(25)22-9-11-23(12-10-22)18-21-20-16-15(19)3-2-8-24(16)18/h2-8H,9-12H2,1H3. The third-order valence-electron chi connectivity index (χ3n) is 4.56. The summed E-state index contributed by atoms with van der Waals surface area (Å²) in [6.45, 7) is 2.63. The fourth-order valence-corrected chi connectivity index (χ4v) is 3.31. The van der Waals surface area contributed by atoms with Crippen LogP contribution in [0, 0.1) is 0 Å². The molecule has 0 radical (unpaired) electrons. The molecule has 0 aliphatic carbocycles. The van der Waals surface area contributed by atoms with E-state index in [2.05, 4.69) is 15.1 Å². The molecule has 8 heteroatoms. The van der Waals surface area contributed by atoms with Crippen LogP contribution in [-0.2, 0) is 0 Å². The Kier molecular flexibility index (Phi) is 4.38. The number of nitrogens with zero attached hydrogens (tertiary/aromatic N) is 5. The molecule has 3 heterocycles. The minimum atomic E-state index is 0.0291. The maximum absolute atomic E-state index is 12.7. The Balaban J connectivity index is 1.46. The Labute approximate surface area is 155 Å². The van der Waals surface area contributed by atoms with Gasteiger partial charge >= 0.3 is 0 Å². The molecule has 1 aliphatic heterocycles. The first-order valence-corrected chi connectivity index (χ1v) is 8.72. The highest BCUT2D eigenvalue weighted by atomic mass is 35.5. The van der Waals surface area contributed by atoms with Gasteiger partial charge in [0.1, 0.15) is 5.75 Å². The number of pyridine rings is 1. The number of benzene rings is 1. The molecule has 4 rings (SSSR count). The molecule has 1 amide bonds. The lowest BCUT2D eigenvalue weighted by Crippen LogP contribution is -2.49. The van der Waals surface area contributed by atoms with E-state index in [1.54, 1.807) is 37.4 Å². The predicted molar refractivity (Wildman–Crippen MR) is 99.1 cm³/mol. The summed E-state index contributed by atoms with van der Waals surface area (Å²) in [5.74, 6) is 1.52. The molecule has 1 aliphatic rings. The number of fused-ring (bicyclic) bond motifs is 1. The average molecular weight is 372 g/mol. The first-order valence-electron chi connectivity index (χ1n) is 8.35. The number of methoxy groups -OCH3 is 1. The third-order valence-corrected chi connectivity index (χ3v) is 4.85. The minimum absolute atomic E-state index is 0.0291. The van der Waals surface area contributed by atoms with Crippen molar-refractivity contribution in [1.82, 2.24) is 19.5 Å². The van der Waals surface area contributed by atoms with E-state index in [9.17, 15) is 4.79 Å². The van der Waals surface area contributed by atoms with Gasteiger partial charge < -0.3 is 14.5 Å². The second-order valence-electron chi connectivity index (χ2n) is 6.06. The first kappa shape index (κ1) is 16.7. The van der Waals surface area contributed by atoms with Gasteiger partial charge in [0, 0.05) is 37.9 Å². The molecule has 2 aromatic heterocycles. The molecule has 0 atom stereocenters. The van der Waals surface area contributed by atoms with E-state index in [0.29, 0.717) is 42.4 Å². The van der Waals surface area contributed by atoms with Crippen LogP contribution in [0.5, 0.6) is 5.75 Å². The van der Waals surface area contributed by atoms with Gasteiger partial charge in [-0.15, -0.1) is 10.2 Å². The second-order valence-corrected chi connectivity index (χ2v) is 6.46. The van der Waals surface area contributed by atoms with Crippen molar-refractivity contribution < 1.29 is 9.53 Å². The summed E-state index contributed by atoms with van der Waals surface area (Å²) >= 11 is 6.16. The van der Waals surface area contributed by atoms with Crippen molar-refractivity contribution in [3.05, 3.63) is 53.2 Å². The molecule has 26 heavy (non-hydrogen) atoms. The van der Waals surface area contributed by atoms with E-state index in [0.717, 1.165) is 11.7 Å². The van der Waals surface area contributed by atoms with Crippen molar-refractivity contribution in [2.45, 2.75) is 0 Å². The predicted octanol–water partition coefficient (Wildman–Crippen LogP) is 2.35. The van der Waals surface area contributed by atoms with E-state index < -0.39 is 0 Å². The first-order chi connectivity index (χ1) is 12.7. The summed E-state index contributed by atoms with van der Waals surface area (Å²) in [5, 5.41) is 8.99. The normalized spacial score (nSPS) is 14.7. The number of aromatic nitrogens is 3. The molecule has 3 aromatic rings. The molecule has 1 aromatic carbocycles. The summed E-state index contributed by atoms with van der Waals surface area (Å²) in [6.07, 6.45) is 1.89. The van der Waals surface area contributed by atoms with Gasteiger partial charge in [0.05, 0.1) is 12.1 Å².